The van der Waals surface area contributed by atoms with Gasteiger partial charge in [0.15, 0.2) is 6.29 Å². The molecule has 8 heteroatoms. The molecule has 0 amide bonds. The molecule has 1 rings (SSSR count). The van der Waals surface area contributed by atoms with Crippen LogP contribution in [0.5, 0.6) is 0 Å². The SMILES string of the molecule is O=CC(O)C(O)C(O)C(O)CO.O=c1cccco1. The van der Waals surface area contributed by atoms with Crippen molar-refractivity contribution in [2.24, 2.45) is 0 Å². The van der Waals surface area contributed by atoms with Crippen LogP contribution in [-0.4, -0.2) is 62.8 Å². The number of carbonyl (C=O) groups is 1. The van der Waals surface area contributed by atoms with Gasteiger partial charge in [0, 0.05) is 6.07 Å². The molecule has 1 aromatic rings. The zero-order valence-electron chi connectivity index (χ0n) is 9.86. The third-order valence-electron chi connectivity index (χ3n) is 2.03. The first-order valence-corrected chi connectivity index (χ1v) is 5.26. The molecule has 108 valence electrons. The number of hydrogen-bond donors (Lipinski definition) is 5. The van der Waals surface area contributed by atoms with Gasteiger partial charge in [0.2, 0.25) is 0 Å². The van der Waals surface area contributed by atoms with E-state index in [4.69, 9.17) is 25.5 Å². The Hall–Kier alpha value is -1.58. The lowest BCUT2D eigenvalue weighted by Gasteiger charge is -2.22. The second kappa shape index (κ2) is 9.36. The summed E-state index contributed by atoms with van der Waals surface area (Å²) in [5.41, 5.74) is -0.303. The Bertz CT molecular complexity index is 386. The van der Waals surface area contributed by atoms with E-state index in [1.165, 1.54) is 12.3 Å². The van der Waals surface area contributed by atoms with E-state index in [0.717, 1.165) is 0 Å². The molecule has 0 aromatic carbocycles. The Labute approximate surface area is 108 Å². The van der Waals surface area contributed by atoms with Crippen LogP contribution < -0.4 is 5.63 Å². The Morgan fingerprint density at radius 1 is 1.16 bits per heavy atom. The highest BCUT2D eigenvalue weighted by molar-refractivity contribution is 5.56. The molecule has 5 N–H and O–H groups in total. The lowest BCUT2D eigenvalue weighted by molar-refractivity contribution is -0.136. The third-order valence-corrected chi connectivity index (χ3v) is 2.03. The van der Waals surface area contributed by atoms with E-state index in [2.05, 4.69) is 4.42 Å². The molecule has 0 aliphatic carbocycles. The molecular weight excluding hydrogens is 260 g/mol. The van der Waals surface area contributed by atoms with Crippen molar-refractivity contribution >= 4 is 6.29 Å². The van der Waals surface area contributed by atoms with Gasteiger partial charge >= 0.3 is 5.63 Å². The predicted octanol–water partition coefficient (Wildman–Crippen LogP) is -2.74. The zero-order chi connectivity index (χ0) is 14.8. The van der Waals surface area contributed by atoms with Crippen LogP contribution in [0, 0.1) is 0 Å². The second-order valence-electron chi connectivity index (χ2n) is 3.48. The largest absolute Gasteiger partial charge is 0.431 e. The zero-order valence-corrected chi connectivity index (χ0v) is 9.86. The van der Waals surface area contributed by atoms with Crippen molar-refractivity contribution in [2.75, 3.05) is 6.61 Å². The minimum atomic E-state index is -1.79. The fraction of sp³-hybridized carbons (Fsp3) is 0.455. The fourth-order valence-electron chi connectivity index (χ4n) is 0.943. The van der Waals surface area contributed by atoms with Crippen molar-refractivity contribution in [1.29, 1.82) is 0 Å². The number of rotatable bonds is 5. The highest BCUT2D eigenvalue weighted by Crippen LogP contribution is 2.02. The summed E-state index contributed by atoms with van der Waals surface area (Å²) in [6, 6.07) is 4.65. The topological polar surface area (TPSA) is 148 Å². The van der Waals surface area contributed by atoms with Gasteiger partial charge < -0.3 is 34.7 Å². The van der Waals surface area contributed by atoms with Gasteiger partial charge in [-0.25, -0.2) is 4.79 Å². The summed E-state index contributed by atoms with van der Waals surface area (Å²) in [7, 11) is 0. The Kier molecular flexibility index (Phi) is 8.58. The lowest BCUT2D eigenvalue weighted by atomic mass is 10.0. The van der Waals surface area contributed by atoms with E-state index < -0.39 is 31.0 Å². The van der Waals surface area contributed by atoms with Gasteiger partial charge in [-0.1, -0.05) is 6.07 Å². The molecule has 0 saturated heterocycles. The number of aliphatic hydroxyl groups is 5. The van der Waals surface area contributed by atoms with Gasteiger partial charge in [0.05, 0.1) is 12.9 Å². The monoisotopic (exact) mass is 276 g/mol. The first-order chi connectivity index (χ1) is 8.93. The molecule has 4 atom stereocenters. The van der Waals surface area contributed by atoms with Crippen molar-refractivity contribution in [1.82, 2.24) is 0 Å². The van der Waals surface area contributed by atoms with Crippen LogP contribution in [0.3, 0.4) is 0 Å². The smallest absolute Gasteiger partial charge is 0.335 e. The predicted molar refractivity (Wildman–Crippen MR) is 62.2 cm³/mol. The maximum Gasteiger partial charge on any atom is 0.335 e. The Morgan fingerprint density at radius 3 is 2.11 bits per heavy atom. The van der Waals surface area contributed by atoms with Crippen LogP contribution in [0.2, 0.25) is 0 Å². The summed E-state index contributed by atoms with van der Waals surface area (Å²) in [5, 5.41) is 43.5. The maximum absolute atomic E-state index is 10.1. The average Bonchev–Trinajstić information content (AvgIpc) is 2.45. The molecule has 0 aliphatic rings. The third kappa shape index (κ3) is 6.79. The molecule has 0 saturated carbocycles. The number of aliphatic hydroxyl groups excluding tert-OH is 5. The normalized spacial score (nSPS) is 16.5. The van der Waals surface area contributed by atoms with E-state index in [9.17, 15) is 9.59 Å². The van der Waals surface area contributed by atoms with Crippen LogP contribution in [0.4, 0.5) is 0 Å². The summed E-state index contributed by atoms with van der Waals surface area (Å²) in [6.45, 7) is -0.760. The molecule has 4 unspecified atom stereocenters. The van der Waals surface area contributed by atoms with E-state index in [1.54, 1.807) is 12.1 Å². The highest BCUT2D eigenvalue weighted by atomic mass is 16.4. The van der Waals surface area contributed by atoms with E-state index >= 15 is 0 Å². The van der Waals surface area contributed by atoms with Crippen LogP contribution >= 0.6 is 0 Å². The van der Waals surface area contributed by atoms with Gasteiger partial charge in [0.1, 0.15) is 24.4 Å². The average molecular weight is 276 g/mol. The molecule has 0 bridgehead atoms. The van der Waals surface area contributed by atoms with Gasteiger partial charge in [-0.3, -0.25) is 0 Å². The number of aldehydes is 1. The first kappa shape index (κ1) is 17.4. The molecule has 0 spiro atoms. The van der Waals surface area contributed by atoms with Gasteiger partial charge in [-0.2, -0.15) is 0 Å². The van der Waals surface area contributed by atoms with Crippen molar-refractivity contribution in [3.63, 3.8) is 0 Å². The van der Waals surface area contributed by atoms with Gasteiger partial charge in [0.25, 0.3) is 0 Å². The first-order valence-electron chi connectivity index (χ1n) is 5.26. The fourth-order valence-corrected chi connectivity index (χ4v) is 0.943. The lowest BCUT2D eigenvalue weighted by Crippen LogP contribution is -2.46. The van der Waals surface area contributed by atoms with E-state index in [-0.39, 0.29) is 11.9 Å². The van der Waals surface area contributed by atoms with E-state index in [1.807, 2.05) is 0 Å². The highest BCUT2D eigenvalue weighted by Gasteiger charge is 2.29. The van der Waals surface area contributed by atoms with Crippen LogP contribution in [0.25, 0.3) is 0 Å². The number of hydrogen-bond acceptors (Lipinski definition) is 8. The van der Waals surface area contributed by atoms with Gasteiger partial charge in [-0.15, -0.1) is 0 Å². The Balaban J connectivity index is 0.000000388. The minimum Gasteiger partial charge on any atom is -0.431 e. The second-order valence-corrected chi connectivity index (χ2v) is 3.48. The quantitative estimate of drug-likeness (QED) is 0.364. The standard InChI is InChI=1S/C6H12O6.C5H4O2/c7-1-3(9)5(11)6(12)4(10)2-8;6-5-3-1-2-4-7-5/h1,3-6,8-12H,2H2;1-4H. The molecule has 0 radical (unpaired) electrons. The molecule has 19 heavy (non-hydrogen) atoms. The summed E-state index contributed by atoms with van der Waals surface area (Å²) in [4.78, 5) is 20.0. The summed E-state index contributed by atoms with van der Waals surface area (Å²) in [5.74, 6) is 0. The van der Waals surface area contributed by atoms with Crippen molar-refractivity contribution in [2.45, 2.75) is 24.4 Å². The molecule has 0 aliphatic heterocycles. The summed E-state index contributed by atoms with van der Waals surface area (Å²) in [6.07, 6.45) is -5.49. The van der Waals surface area contributed by atoms with Gasteiger partial charge in [-0.05, 0) is 6.07 Å². The number of carbonyl (C=O) groups excluding carboxylic acids is 1. The van der Waals surface area contributed by atoms with E-state index in [0.29, 0.717) is 0 Å². The molecule has 1 aromatic heterocycles. The Morgan fingerprint density at radius 2 is 1.79 bits per heavy atom. The van der Waals surface area contributed by atoms with Crippen LogP contribution in [0.15, 0.2) is 33.7 Å². The maximum atomic E-state index is 10.1. The van der Waals surface area contributed by atoms with Crippen LogP contribution in [0.1, 0.15) is 0 Å². The molecule has 8 nitrogen and oxygen atoms in total. The summed E-state index contributed by atoms with van der Waals surface area (Å²) >= 11 is 0. The minimum absolute atomic E-state index is 0.0258. The summed E-state index contributed by atoms with van der Waals surface area (Å²) < 4.78 is 4.37. The molecule has 1 heterocycles. The van der Waals surface area contributed by atoms with Crippen molar-refractivity contribution in [3.05, 3.63) is 34.9 Å². The van der Waals surface area contributed by atoms with Crippen LogP contribution in [-0.2, 0) is 4.79 Å². The molecular formula is C11H16O8. The molecule has 0 fully saturated rings. The van der Waals surface area contributed by atoms with Crippen molar-refractivity contribution in [3.8, 4) is 0 Å². The van der Waals surface area contributed by atoms with Crippen molar-refractivity contribution < 1.29 is 34.7 Å².